The van der Waals surface area contributed by atoms with Gasteiger partial charge in [-0.3, -0.25) is 0 Å². The van der Waals surface area contributed by atoms with Gasteiger partial charge in [0.1, 0.15) is 5.69 Å². The molecule has 0 saturated heterocycles. The molecule has 9 aromatic carbocycles. The van der Waals surface area contributed by atoms with E-state index in [-0.39, 0.29) is 0 Å². The lowest BCUT2D eigenvalue weighted by atomic mass is 9.93. The van der Waals surface area contributed by atoms with Crippen LogP contribution < -0.4 is 0 Å². The van der Waals surface area contributed by atoms with Crippen LogP contribution in [0.25, 0.3) is 106 Å². The van der Waals surface area contributed by atoms with Crippen molar-refractivity contribution in [1.29, 1.82) is 0 Å². The van der Waals surface area contributed by atoms with E-state index >= 15 is 0 Å². The minimum absolute atomic E-state index is 0.595. The lowest BCUT2D eigenvalue weighted by molar-refractivity contribution is 0.918. The Morgan fingerprint density at radius 1 is 0.311 bits per heavy atom. The van der Waals surface area contributed by atoms with Crippen molar-refractivity contribution in [3.05, 3.63) is 224 Å². The minimum atomic E-state index is 0.595. The molecule has 0 saturated carbocycles. The van der Waals surface area contributed by atoms with Gasteiger partial charge in [0.05, 0.1) is 11.2 Å². The maximum absolute atomic E-state index is 5.42. The maximum Gasteiger partial charge on any atom is 0.164 e. The van der Waals surface area contributed by atoms with Crippen LogP contribution >= 0.6 is 0 Å². The van der Waals surface area contributed by atoms with Gasteiger partial charge in [-0.15, -0.1) is 0 Å². The summed E-state index contributed by atoms with van der Waals surface area (Å²) in [6, 6.07) is 78.0. The SMILES string of the molecule is c1ccc(-c2cccc(-c3nc(-c4ccc(-c5nn(-c6ccccc6)c6c5c(-c5ccccc5)cc5ccccc56)cc4)nc(-c4cccc(-c5ccccc5)c4)n3)c2)cc1. The zero-order chi connectivity index (χ0) is 40.5. The molecule has 0 N–H and O–H groups in total. The lowest BCUT2D eigenvalue weighted by Gasteiger charge is -2.11. The number of benzene rings is 9. The molecular weight excluding hydrogens is 743 g/mol. The van der Waals surface area contributed by atoms with Crippen LogP contribution in [-0.4, -0.2) is 24.7 Å². The normalized spacial score (nSPS) is 11.3. The van der Waals surface area contributed by atoms with Crippen LogP contribution in [0.3, 0.4) is 0 Å². The molecule has 0 atom stereocenters. The number of rotatable bonds is 8. The Balaban J connectivity index is 1.08. The zero-order valence-corrected chi connectivity index (χ0v) is 33.1. The Kier molecular flexibility index (Phi) is 9.10. The number of nitrogens with zero attached hydrogens (tertiary/aromatic N) is 5. The summed E-state index contributed by atoms with van der Waals surface area (Å²) in [5, 5.41) is 8.83. The molecule has 0 bridgehead atoms. The summed E-state index contributed by atoms with van der Waals surface area (Å²) in [6.45, 7) is 0. The Hall–Kier alpha value is -8.28. The monoisotopic (exact) mass is 779 g/mol. The van der Waals surface area contributed by atoms with E-state index in [2.05, 4.69) is 211 Å². The predicted octanol–water partition coefficient (Wildman–Crippen LogP) is 14.0. The predicted molar refractivity (Wildman–Crippen MR) is 250 cm³/mol. The van der Waals surface area contributed by atoms with Crippen molar-refractivity contribution >= 4 is 21.7 Å². The summed E-state index contributed by atoms with van der Waals surface area (Å²) in [5.74, 6) is 1.82. The molecule has 0 unspecified atom stereocenters. The Morgan fingerprint density at radius 2 is 0.754 bits per heavy atom. The van der Waals surface area contributed by atoms with Gasteiger partial charge in [0.15, 0.2) is 17.5 Å². The van der Waals surface area contributed by atoms with Gasteiger partial charge in [0, 0.05) is 33.0 Å². The van der Waals surface area contributed by atoms with E-state index in [9.17, 15) is 0 Å². The van der Waals surface area contributed by atoms with E-state index in [4.69, 9.17) is 20.1 Å². The third kappa shape index (κ3) is 6.84. The third-order valence-corrected chi connectivity index (χ3v) is 11.3. The zero-order valence-electron chi connectivity index (χ0n) is 33.1. The van der Waals surface area contributed by atoms with E-state index in [1.54, 1.807) is 0 Å². The molecule has 61 heavy (non-hydrogen) atoms. The van der Waals surface area contributed by atoms with Crippen molar-refractivity contribution in [3.63, 3.8) is 0 Å². The van der Waals surface area contributed by atoms with Crippen LogP contribution in [0.5, 0.6) is 0 Å². The fourth-order valence-corrected chi connectivity index (χ4v) is 8.27. The van der Waals surface area contributed by atoms with Crippen molar-refractivity contribution in [2.45, 2.75) is 0 Å². The summed E-state index contributed by atoms with van der Waals surface area (Å²) in [6.07, 6.45) is 0. The third-order valence-electron chi connectivity index (χ3n) is 11.3. The molecule has 0 radical (unpaired) electrons. The van der Waals surface area contributed by atoms with Gasteiger partial charge in [-0.2, -0.15) is 5.10 Å². The lowest BCUT2D eigenvalue weighted by Crippen LogP contribution is -2.00. The van der Waals surface area contributed by atoms with Gasteiger partial charge < -0.3 is 0 Å². The highest BCUT2D eigenvalue weighted by atomic mass is 15.3. The van der Waals surface area contributed by atoms with Crippen molar-refractivity contribution in [3.8, 4) is 84.5 Å². The molecule has 2 heterocycles. The first-order valence-corrected chi connectivity index (χ1v) is 20.5. The molecule has 11 rings (SSSR count). The smallest absolute Gasteiger partial charge is 0.164 e. The van der Waals surface area contributed by atoms with Crippen molar-refractivity contribution in [1.82, 2.24) is 24.7 Å². The fourth-order valence-electron chi connectivity index (χ4n) is 8.27. The van der Waals surface area contributed by atoms with Crippen LogP contribution in [0.2, 0.25) is 0 Å². The molecule has 0 spiro atoms. The molecule has 5 heteroatoms. The molecule has 0 aliphatic carbocycles. The first kappa shape index (κ1) is 35.8. The summed E-state index contributed by atoms with van der Waals surface area (Å²) >= 11 is 0. The van der Waals surface area contributed by atoms with Crippen molar-refractivity contribution in [2.75, 3.05) is 0 Å². The highest BCUT2D eigenvalue weighted by Gasteiger charge is 2.22. The Morgan fingerprint density at radius 3 is 1.33 bits per heavy atom. The topological polar surface area (TPSA) is 56.5 Å². The quantitative estimate of drug-likeness (QED) is 0.154. The van der Waals surface area contributed by atoms with E-state index in [1.807, 2.05) is 18.2 Å². The number of hydrogen-bond donors (Lipinski definition) is 0. The molecule has 0 amide bonds. The highest BCUT2D eigenvalue weighted by Crippen LogP contribution is 2.42. The Labute approximate surface area is 354 Å². The van der Waals surface area contributed by atoms with Crippen LogP contribution in [0, 0.1) is 0 Å². The summed E-state index contributed by atoms with van der Waals surface area (Å²) in [5.41, 5.74) is 13.4. The number of fused-ring (bicyclic) bond motifs is 3. The van der Waals surface area contributed by atoms with Gasteiger partial charge in [-0.1, -0.05) is 194 Å². The first-order valence-electron chi connectivity index (χ1n) is 20.5. The average Bonchev–Trinajstić information content (AvgIpc) is 3.76. The number of hydrogen-bond acceptors (Lipinski definition) is 4. The molecule has 5 nitrogen and oxygen atoms in total. The van der Waals surface area contributed by atoms with Crippen molar-refractivity contribution < 1.29 is 0 Å². The second-order valence-electron chi connectivity index (χ2n) is 15.1. The first-order chi connectivity index (χ1) is 30.2. The summed E-state index contributed by atoms with van der Waals surface area (Å²) in [7, 11) is 0. The molecule has 0 aliphatic rings. The van der Waals surface area contributed by atoms with Gasteiger partial charge in [0.2, 0.25) is 0 Å². The molecule has 2 aromatic heterocycles. The molecule has 286 valence electrons. The minimum Gasteiger partial charge on any atom is -0.232 e. The standard InChI is InChI=1S/C56H37N5/c1-5-17-38(18-6-1)43-24-15-26-46(35-43)55-57-54(58-56(59-55)47-27-16-25-44(36-47)39-19-7-2-8-20-39)42-33-31-41(32-34-42)52-51-50(40-21-9-3-10-22-40)37-45-23-13-14-30-49(45)53(51)61(60-52)48-28-11-4-12-29-48/h1-37H. The molecular formula is C56H37N5. The molecule has 11 aromatic rings. The van der Waals surface area contributed by atoms with Crippen LogP contribution in [0.1, 0.15) is 0 Å². The molecule has 0 aliphatic heterocycles. The summed E-state index contributed by atoms with van der Waals surface area (Å²) < 4.78 is 2.10. The van der Waals surface area contributed by atoms with Gasteiger partial charge in [-0.25, -0.2) is 19.6 Å². The maximum atomic E-state index is 5.42. The molecule has 0 fully saturated rings. The second kappa shape index (κ2) is 15.5. The van der Waals surface area contributed by atoms with Crippen molar-refractivity contribution in [2.24, 2.45) is 0 Å². The Bertz CT molecular complexity index is 3220. The average molecular weight is 780 g/mol. The van der Waals surface area contributed by atoms with Crippen LogP contribution in [0.4, 0.5) is 0 Å². The van der Waals surface area contributed by atoms with Gasteiger partial charge in [-0.05, 0) is 69.1 Å². The van der Waals surface area contributed by atoms with Crippen LogP contribution in [-0.2, 0) is 0 Å². The van der Waals surface area contributed by atoms with E-state index < -0.39 is 0 Å². The van der Waals surface area contributed by atoms with Crippen LogP contribution in [0.15, 0.2) is 224 Å². The largest absolute Gasteiger partial charge is 0.232 e. The van der Waals surface area contributed by atoms with Gasteiger partial charge in [0.25, 0.3) is 0 Å². The van der Waals surface area contributed by atoms with E-state index in [0.29, 0.717) is 17.5 Å². The number of aromatic nitrogens is 5. The van der Waals surface area contributed by atoms with E-state index in [0.717, 1.165) is 88.7 Å². The van der Waals surface area contributed by atoms with Gasteiger partial charge >= 0.3 is 0 Å². The fraction of sp³-hybridized carbons (Fsp3) is 0. The second-order valence-corrected chi connectivity index (χ2v) is 15.1. The van der Waals surface area contributed by atoms with E-state index in [1.165, 1.54) is 0 Å². The summed E-state index contributed by atoms with van der Waals surface area (Å²) in [4.78, 5) is 15.4. The highest BCUT2D eigenvalue weighted by molar-refractivity contribution is 6.17. The number of para-hydroxylation sites is 1.